The molecule has 5 rings (SSSR count). The molecule has 200 valence electrons. The molecule has 3 heterocycles. The predicted octanol–water partition coefficient (Wildman–Crippen LogP) is 3.92. The molecule has 1 aliphatic rings. The molecule has 1 aliphatic heterocycles. The van der Waals surface area contributed by atoms with Crippen LogP contribution in [0.5, 0.6) is 0 Å². The van der Waals surface area contributed by atoms with E-state index in [0.29, 0.717) is 50.8 Å². The van der Waals surface area contributed by atoms with Crippen LogP contribution in [0.3, 0.4) is 0 Å². The van der Waals surface area contributed by atoms with E-state index in [1.165, 1.54) is 12.1 Å². The number of rotatable bonds is 3. The van der Waals surface area contributed by atoms with E-state index in [-0.39, 0.29) is 23.3 Å². The first kappa shape index (κ1) is 26.0. The summed E-state index contributed by atoms with van der Waals surface area (Å²) in [5.74, 6) is -0.0505. The molecule has 0 N–H and O–H groups in total. The smallest absolute Gasteiger partial charge is 0.274 e. The molecule has 0 spiro atoms. The number of amides is 2. The first-order valence-corrected chi connectivity index (χ1v) is 12.9. The van der Waals surface area contributed by atoms with Gasteiger partial charge < -0.3 is 14.7 Å². The minimum absolute atomic E-state index is 0.0595. The number of para-hydroxylation sites is 1. The fourth-order valence-electron chi connectivity index (χ4n) is 4.87. The van der Waals surface area contributed by atoms with Crippen LogP contribution in [0.4, 0.5) is 16.0 Å². The van der Waals surface area contributed by atoms with Crippen LogP contribution in [0.15, 0.2) is 73.1 Å². The van der Waals surface area contributed by atoms with Gasteiger partial charge >= 0.3 is 0 Å². The maximum atomic E-state index is 13.9. The maximum absolute atomic E-state index is 13.9. The Kier molecular flexibility index (Phi) is 7.62. The second-order valence-electron chi connectivity index (χ2n) is 9.46. The second-order valence-corrected chi connectivity index (χ2v) is 9.46. The van der Waals surface area contributed by atoms with Crippen LogP contribution in [0, 0.1) is 5.82 Å². The van der Waals surface area contributed by atoms with Gasteiger partial charge in [0.2, 0.25) is 11.9 Å². The Morgan fingerprint density at radius 1 is 0.897 bits per heavy atom. The normalized spacial score (nSPS) is 14.5. The van der Waals surface area contributed by atoms with Gasteiger partial charge in [-0.2, -0.15) is 5.10 Å². The number of aryl methyl sites for hydroxylation is 1. The Morgan fingerprint density at radius 3 is 2.38 bits per heavy atom. The Morgan fingerprint density at radius 2 is 1.64 bits per heavy atom. The molecule has 4 aromatic rings. The number of benzene rings is 2. The molecule has 2 aromatic carbocycles. The van der Waals surface area contributed by atoms with Gasteiger partial charge in [-0.25, -0.2) is 14.4 Å². The SMILES string of the molecule is CC(=O)N1CCCN(c2ncccn2)CCN(C(=O)c2cc(-c3ccc(F)cc3)n(C)n2)Cc2ccccc21. The van der Waals surface area contributed by atoms with Crippen LogP contribution < -0.4 is 9.80 Å². The summed E-state index contributed by atoms with van der Waals surface area (Å²) < 4.78 is 15.1. The third-order valence-corrected chi connectivity index (χ3v) is 6.83. The Bertz CT molecular complexity index is 1460. The van der Waals surface area contributed by atoms with Crippen LogP contribution >= 0.6 is 0 Å². The molecule has 0 saturated carbocycles. The summed E-state index contributed by atoms with van der Waals surface area (Å²) >= 11 is 0. The van der Waals surface area contributed by atoms with Gasteiger partial charge in [-0.15, -0.1) is 0 Å². The quantitative estimate of drug-likeness (QED) is 0.401. The number of nitrogens with zero attached hydrogens (tertiary/aromatic N) is 7. The number of aromatic nitrogens is 4. The molecule has 0 fully saturated rings. The third-order valence-electron chi connectivity index (χ3n) is 6.83. The van der Waals surface area contributed by atoms with Crippen molar-refractivity contribution in [1.82, 2.24) is 24.6 Å². The monoisotopic (exact) mass is 527 g/mol. The highest BCUT2D eigenvalue weighted by Crippen LogP contribution is 2.26. The summed E-state index contributed by atoms with van der Waals surface area (Å²) in [6, 6.07) is 17.3. The van der Waals surface area contributed by atoms with Crippen molar-refractivity contribution in [3.05, 3.63) is 90.1 Å². The number of anilines is 2. The van der Waals surface area contributed by atoms with Crippen LogP contribution in [0.1, 0.15) is 29.4 Å². The standard InChI is InChI=1S/C29H30FN7O2/c1-21(38)37-16-6-15-35(29-31-13-5-14-32-29)17-18-36(20-23-7-3-4-8-26(23)37)28(39)25-19-27(34(2)33-25)22-9-11-24(30)12-10-22/h3-5,7-14,19H,6,15-18,20H2,1-2H3. The number of hydrogen-bond donors (Lipinski definition) is 0. The van der Waals surface area contributed by atoms with Crippen LogP contribution in [0.2, 0.25) is 0 Å². The fraction of sp³-hybridized carbons (Fsp3) is 0.276. The fourth-order valence-corrected chi connectivity index (χ4v) is 4.87. The molecule has 0 radical (unpaired) electrons. The largest absolute Gasteiger partial charge is 0.339 e. The zero-order chi connectivity index (χ0) is 27.4. The van der Waals surface area contributed by atoms with Gasteiger partial charge in [0.05, 0.1) is 5.69 Å². The van der Waals surface area contributed by atoms with Crippen molar-refractivity contribution in [3.8, 4) is 11.3 Å². The van der Waals surface area contributed by atoms with Gasteiger partial charge in [0, 0.05) is 64.8 Å². The minimum Gasteiger partial charge on any atom is -0.339 e. The van der Waals surface area contributed by atoms with E-state index in [4.69, 9.17) is 0 Å². The first-order chi connectivity index (χ1) is 18.9. The number of carbonyl (C=O) groups excluding carboxylic acids is 2. The molecule has 10 heteroatoms. The molecule has 2 amide bonds. The molecule has 0 atom stereocenters. The van der Waals surface area contributed by atoms with Crippen LogP contribution in [0.25, 0.3) is 11.3 Å². The summed E-state index contributed by atoms with van der Waals surface area (Å²) in [6.45, 7) is 3.91. The topological polar surface area (TPSA) is 87.5 Å². The molecule has 0 aliphatic carbocycles. The summed E-state index contributed by atoms with van der Waals surface area (Å²) in [6.07, 6.45) is 4.10. The second kappa shape index (κ2) is 11.4. The number of halogens is 1. The van der Waals surface area contributed by atoms with Gasteiger partial charge in [0.1, 0.15) is 5.82 Å². The van der Waals surface area contributed by atoms with E-state index in [9.17, 15) is 14.0 Å². The molecular weight excluding hydrogens is 497 g/mol. The van der Waals surface area contributed by atoms with Crippen molar-refractivity contribution in [1.29, 1.82) is 0 Å². The van der Waals surface area contributed by atoms with E-state index in [2.05, 4.69) is 15.1 Å². The van der Waals surface area contributed by atoms with E-state index < -0.39 is 0 Å². The van der Waals surface area contributed by atoms with E-state index >= 15 is 0 Å². The van der Waals surface area contributed by atoms with E-state index in [1.807, 2.05) is 29.2 Å². The van der Waals surface area contributed by atoms with Gasteiger partial charge in [0.15, 0.2) is 5.69 Å². The minimum atomic E-state index is -0.328. The summed E-state index contributed by atoms with van der Waals surface area (Å²) in [5.41, 5.74) is 3.42. The maximum Gasteiger partial charge on any atom is 0.274 e. The highest BCUT2D eigenvalue weighted by atomic mass is 19.1. The lowest BCUT2D eigenvalue weighted by Crippen LogP contribution is -2.39. The first-order valence-electron chi connectivity index (χ1n) is 12.9. The number of carbonyl (C=O) groups is 2. The number of fused-ring (bicyclic) bond motifs is 1. The summed E-state index contributed by atoms with van der Waals surface area (Å²) in [7, 11) is 1.76. The highest BCUT2D eigenvalue weighted by Gasteiger charge is 2.25. The van der Waals surface area contributed by atoms with Crippen LogP contribution in [-0.4, -0.2) is 62.6 Å². The van der Waals surface area contributed by atoms with Crippen molar-refractivity contribution in [3.63, 3.8) is 0 Å². The van der Waals surface area contributed by atoms with Gasteiger partial charge in [-0.1, -0.05) is 18.2 Å². The highest BCUT2D eigenvalue weighted by molar-refractivity contribution is 5.94. The summed E-state index contributed by atoms with van der Waals surface area (Å²) in [5, 5.41) is 4.50. The van der Waals surface area contributed by atoms with Crippen LogP contribution in [-0.2, 0) is 18.4 Å². The van der Waals surface area contributed by atoms with Crippen molar-refractivity contribution >= 4 is 23.5 Å². The molecule has 0 unspecified atom stereocenters. The van der Waals surface area contributed by atoms with E-state index in [0.717, 1.165) is 16.8 Å². The van der Waals surface area contributed by atoms with Crippen molar-refractivity contribution in [2.45, 2.75) is 19.9 Å². The molecule has 39 heavy (non-hydrogen) atoms. The Labute approximate surface area is 226 Å². The van der Waals surface area contributed by atoms with E-state index in [1.54, 1.807) is 65.1 Å². The lowest BCUT2D eigenvalue weighted by molar-refractivity contribution is -0.116. The number of hydrogen-bond acceptors (Lipinski definition) is 6. The Hall–Kier alpha value is -4.60. The zero-order valence-electron chi connectivity index (χ0n) is 22.0. The van der Waals surface area contributed by atoms with Crippen molar-refractivity contribution < 1.29 is 14.0 Å². The lowest BCUT2D eigenvalue weighted by Gasteiger charge is -2.27. The van der Waals surface area contributed by atoms with Gasteiger partial charge in [-0.05, 0) is 60.0 Å². The molecular formula is C29H30FN7O2. The molecule has 2 aromatic heterocycles. The molecule has 0 bridgehead atoms. The molecule has 9 nitrogen and oxygen atoms in total. The summed E-state index contributed by atoms with van der Waals surface area (Å²) in [4.78, 5) is 41.0. The third kappa shape index (κ3) is 5.79. The predicted molar refractivity (Wildman–Crippen MR) is 147 cm³/mol. The van der Waals surface area contributed by atoms with Gasteiger partial charge in [-0.3, -0.25) is 14.3 Å². The average Bonchev–Trinajstić information content (AvgIpc) is 3.32. The van der Waals surface area contributed by atoms with Crippen molar-refractivity contribution in [2.75, 3.05) is 36.0 Å². The lowest BCUT2D eigenvalue weighted by atomic mass is 10.1. The zero-order valence-corrected chi connectivity index (χ0v) is 22.0. The molecule has 0 saturated heterocycles. The Balaban J connectivity index is 1.50. The average molecular weight is 528 g/mol. The van der Waals surface area contributed by atoms with Crippen molar-refractivity contribution in [2.24, 2.45) is 7.05 Å². The van der Waals surface area contributed by atoms with Gasteiger partial charge in [0.25, 0.3) is 5.91 Å².